The third-order valence-corrected chi connectivity index (χ3v) is 2.97. The summed E-state index contributed by atoms with van der Waals surface area (Å²) in [6.45, 7) is 5.89. The number of halogens is 1. The van der Waals surface area contributed by atoms with Crippen LogP contribution in [0.15, 0.2) is 0 Å². The predicted octanol–water partition coefficient (Wildman–Crippen LogP) is 2.00. The summed E-state index contributed by atoms with van der Waals surface area (Å²) < 4.78 is 13.4. The van der Waals surface area contributed by atoms with Crippen molar-refractivity contribution < 1.29 is 9.50 Å². The van der Waals surface area contributed by atoms with Gasteiger partial charge >= 0.3 is 0 Å². The Bertz CT molecular complexity index is 144. The van der Waals surface area contributed by atoms with Gasteiger partial charge in [0.15, 0.2) is 0 Å². The van der Waals surface area contributed by atoms with Gasteiger partial charge in [0.1, 0.15) is 6.17 Å². The first-order valence-electron chi connectivity index (χ1n) is 4.24. The van der Waals surface area contributed by atoms with Gasteiger partial charge in [-0.2, -0.15) is 0 Å². The Morgan fingerprint density at radius 2 is 2.09 bits per heavy atom. The second-order valence-electron chi connectivity index (χ2n) is 4.40. The van der Waals surface area contributed by atoms with Crippen molar-refractivity contribution >= 4 is 0 Å². The van der Waals surface area contributed by atoms with Crippen LogP contribution in [0.4, 0.5) is 4.39 Å². The van der Waals surface area contributed by atoms with Crippen LogP contribution in [0.3, 0.4) is 0 Å². The van der Waals surface area contributed by atoms with Crippen LogP contribution in [0.2, 0.25) is 0 Å². The summed E-state index contributed by atoms with van der Waals surface area (Å²) in [5.41, 5.74) is -0.229. The lowest BCUT2D eigenvalue weighted by molar-refractivity contribution is 0.140. The molecule has 1 aliphatic carbocycles. The van der Waals surface area contributed by atoms with Gasteiger partial charge in [-0.15, -0.1) is 0 Å². The molecule has 0 aromatic carbocycles. The molecule has 0 spiro atoms. The van der Waals surface area contributed by atoms with Crippen molar-refractivity contribution in [1.29, 1.82) is 0 Å². The SMILES string of the molecule is C[C@@H]1[C@@H](CO)CC(C)(C)[C@H]1F. The smallest absolute Gasteiger partial charge is 0.108 e. The lowest BCUT2D eigenvalue weighted by Gasteiger charge is -2.21. The third kappa shape index (κ3) is 1.41. The van der Waals surface area contributed by atoms with E-state index < -0.39 is 6.17 Å². The Kier molecular flexibility index (Phi) is 2.24. The normalized spacial score (nSPS) is 42.8. The van der Waals surface area contributed by atoms with Crippen LogP contribution in [0.5, 0.6) is 0 Å². The van der Waals surface area contributed by atoms with Crippen molar-refractivity contribution in [3.8, 4) is 0 Å². The topological polar surface area (TPSA) is 20.2 Å². The zero-order valence-electron chi connectivity index (χ0n) is 7.47. The van der Waals surface area contributed by atoms with Gasteiger partial charge in [0.05, 0.1) is 0 Å². The minimum atomic E-state index is -0.750. The van der Waals surface area contributed by atoms with Crippen LogP contribution < -0.4 is 0 Å². The van der Waals surface area contributed by atoms with Crippen molar-refractivity contribution in [3.63, 3.8) is 0 Å². The van der Waals surface area contributed by atoms with Crippen molar-refractivity contribution in [2.75, 3.05) is 6.61 Å². The highest BCUT2D eigenvalue weighted by molar-refractivity contribution is 4.94. The van der Waals surface area contributed by atoms with Gasteiger partial charge in [0, 0.05) is 6.61 Å². The molecule has 0 saturated heterocycles. The Balaban J connectivity index is 2.69. The summed E-state index contributed by atoms with van der Waals surface area (Å²) in [5.74, 6) is 0.190. The molecular weight excluding hydrogens is 143 g/mol. The average Bonchev–Trinajstić information content (AvgIpc) is 2.13. The van der Waals surface area contributed by atoms with Crippen LogP contribution in [0, 0.1) is 17.3 Å². The van der Waals surface area contributed by atoms with E-state index in [9.17, 15) is 4.39 Å². The van der Waals surface area contributed by atoms with Gasteiger partial charge in [-0.05, 0) is 23.7 Å². The maximum atomic E-state index is 13.4. The van der Waals surface area contributed by atoms with Crippen LogP contribution in [0.25, 0.3) is 0 Å². The minimum absolute atomic E-state index is 0.0231. The minimum Gasteiger partial charge on any atom is -0.396 e. The van der Waals surface area contributed by atoms with Gasteiger partial charge in [-0.3, -0.25) is 0 Å². The number of hydrogen-bond acceptors (Lipinski definition) is 1. The Hall–Kier alpha value is -0.110. The quantitative estimate of drug-likeness (QED) is 0.622. The number of aliphatic hydroxyl groups excluding tert-OH is 1. The van der Waals surface area contributed by atoms with Crippen LogP contribution >= 0.6 is 0 Å². The molecule has 0 radical (unpaired) electrons. The molecule has 1 N–H and O–H groups in total. The molecule has 11 heavy (non-hydrogen) atoms. The van der Waals surface area contributed by atoms with E-state index in [2.05, 4.69) is 0 Å². The molecule has 66 valence electrons. The van der Waals surface area contributed by atoms with Crippen LogP contribution in [-0.2, 0) is 0 Å². The van der Waals surface area contributed by atoms with E-state index in [4.69, 9.17) is 5.11 Å². The number of alkyl halides is 1. The van der Waals surface area contributed by atoms with Crippen molar-refractivity contribution in [2.45, 2.75) is 33.4 Å². The molecule has 0 amide bonds. The van der Waals surface area contributed by atoms with Gasteiger partial charge < -0.3 is 5.11 Å². The molecule has 1 fully saturated rings. The van der Waals surface area contributed by atoms with Crippen molar-refractivity contribution in [1.82, 2.24) is 0 Å². The molecule has 0 heterocycles. The molecule has 0 unspecified atom stereocenters. The van der Waals surface area contributed by atoms with Crippen molar-refractivity contribution in [2.24, 2.45) is 17.3 Å². The fourth-order valence-corrected chi connectivity index (χ4v) is 2.16. The van der Waals surface area contributed by atoms with E-state index in [-0.39, 0.29) is 23.9 Å². The summed E-state index contributed by atoms with van der Waals surface area (Å²) >= 11 is 0. The number of rotatable bonds is 1. The lowest BCUT2D eigenvalue weighted by Crippen LogP contribution is -2.22. The van der Waals surface area contributed by atoms with E-state index in [0.717, 1.165) is 6.42 Å². The average molecular weight is 160 g/mol. The molecule has 0 bridgehead atoms. The summed E-state index contributed by atoms with van der Waals surface area (Å²) in [4.78, 5) is 0. The molecule has 2 heteroatoms. The van der Waals surface area contributed by atoms with Gasteiger partial charge in [0.25, 0.3) is 0 Å². The molecule has 0 aromatic rings. The van der Waals surface area contributed by atoms with Gasteiger partial charge in [0.2, 0.25) is 0 Å². The molecule has 0 aliphatic heterocycles. The van der Waals surface area contributed by atoms with E-state index >= 15 is 0 Å². The van der Waals surface area contributed by atoms with Gasteiger partial charge in [-0.25, -0.2) is 4.39 Å². The van der Waals surface area contributed by atoms with Crippen LogP contribution in [-0.4, -0.2) is 17.9 Å². The second-order valence-corrected chi connectivity index (χ2v) is 4.40. The van der Waals surface area contributed by atoms with Crippen LogP contribution in [0.1, 0.15) is 27.2 Å². The molecular formula is C9H17FO. The third-order valence-electron chi connectivity index (χ3n) is 2.97. The zero-order valence-corrected chi connectivity index (χ0v) is 7.47. The first-order valence-corrected chi connectivity index (χ1v) is 4.24. The van der Waals surface area contributed by atoms with E-state index in [1.54, 1.807) is 0 Å². The van der Waals surface area contributed by atoms with E-state index in [1.807, 2.05) is 20.8 Å². The summed E-state index contributed by atoms with van der Waals surface area (Å²) in [5, 5.41) is 8.92. The molecule has 0 aromatic heterocycles. The fourth-order valence-electron chi connectivity index (χ4n) is 2.16. The Labute approximate surface area is 67.6 Å². The Morgan fingerprint density at radius 3 is 2.27 bits per heavy atom. The molecule has 1 rings (SSSR count). The first-order chi connectivity index (χ1) is 4.99. The molecule has 3 atom stereocenters. The summed E-state index contributed by atoms with van der Waals surface area (Å²) in [6, 6.07) is 0. The summed E-state index contributed by atoms with van der Waals surface area (Å²) in [6.07, 6.45) is 0.0610. The number of aliphatic hydroxyl groups is 1. The maximum Gasteiger partial charge on any atom is 0.108 e. The zero-order chi connectivity index (χ0) is 8.65. The largest absolute Gasteiger partial charge is 0.396 e. The Morgan fingerprint density at radius 1 is 1.55 bits per heavy atom. The van der Waals surface area contributed by atoms with Gasteiger partial charge in [-0.1, -0.05) is 20.8 Å². The molecule has 1 nitrogen and oxygen atoms in total. The lowest BCUT2D eigenvalue weighted by atomic mass is 9.89. The highest BCUT2D eigenvalue weighted by Crippen LogP contribution is 2.46. The maximum absolute atomic E-state index is 13.4. The van der Waals surface area contributed by atoms with E-state index in [0.29, 0.717) is 0 Å². The second kappa shape index (κ2) is 2.74. The standard InChI is InChI=1S/C9H17FO/c1-6-7(5-11)4-9(2,3)8(6)10/h6-8,11H,4-5H2,1-3H3/t6-,7-,8+/m1/s1. The highest BCUT2D eigenvalue weighted by atomic mass is 19.1. The number of hydrogen-bond donors (Lipinski definition) is 1. The van der Waals surface area contributed by atoms with E-state index in [1.165, 1.54) is 0 Å². The first kappa shape index (κ1) is 8.98. The molecule has 1 aliphatic rings. The predicted molar refractivity (Wildman–Crippen MR) is 43.0 cm³/mol. The fraction of sp³-hybridized carbons (Fsp3) is 1.00. The van der Waals surface area contributed by atoms with Crippen molar-refractivity contribution in [3.05, 3.63) is 0 Å². The monoisotopic (exact) mass is 160 g/mol. The summed E-state index contributed by atoms with van der Waals surface area (Å²) in [7, 11) is 0. The highest BCUT2D eigenvalue weighted by Gasteiger charge is 2.45. The molecule has 1 saturated carbocycles.